The predicted molar refractivity (Wildman–Crippen MR) is 125 cm³/mol. The van der Waals surface area contributed by atoms with Gasteiger partial charge in [-0.05, 0) is 67.1 Å². The first kappa shape index (κ1) is 22.9. The number of rotatable bonds is 6. The van der Waals surface area contributed by atoms with Crippen molar-refractivity contribution < 1.29 is 17.9 Å². The van der Waals surface area contributed by atoms with E-state index in [1.165, 1.54) is 16.6 Å². The summed E-state index contributed by atoms with van der Waals surface area (Å²) in [7, 11) is -3.72. The van der Waals surface area contributed by atoms with Gasteiger partial charge in [-0.25, -0.2) is 13.4 Å². The number of anilines is 1. The van der Waals surface area contributed by atoms with E-state index in [-0.39, 0.29) is 15.7 Å². The highest BCUT2D eigenvalue weighted by Crippen LogP contribution is 2.30. The molecule has 0 unspecified atom stereocenters. The number of carbonyl (C=O) groups is 1. The molecule has 1 aliphatic heterocycles. The van der Waals surface area contributed by atoms with E-state index in [0.717, 1.165) is 30.6 Å². The zero-order valence-corrected chi connectivity index (χ0v) is 19.6. The molecule has 1 aliphatic rings. The summed E-state index contributed by atoms with van der Waals surface area (Å²) < 4.78 is 33.3. The van der Waals surface area contributed by atoms with Crippen LogP contribution in [0.1, 0.15) is 40.1 Å². The van der Waals surface area contributed by atoms with Crippen molar-refractivity contribution in [3.63, 3.8) is 0 Å². The molecule has 3 heterocycles. The summed E-state index contributed by atoms with van der Waals surface area (Å²) in [6.45, 7) is 2.75. The molecule has 4 rings (SSSR count). The zero-order valence-electron chi connectivity index (χ0n) is 17.9. The Morgan fingerprint density at radius 1 is 1.21 bits per heavy atom. The summed E-state index contributed by atoms with van der Waals surface area (Å²) in [4.78, 5) is 17.3. The molecular formula is C23H22N4O4S2. The van der Waals surface area contributed by atoms with Crippen LogP contribution in [0.4, 0.5) is 5.69 Å². The predicted octanol–water partition coefficient (Wildman–Crippen LogP) is 4.54. The van der Waals surface area contributed by atoms with Crippen LogP contribution in [0.15, 0.2) is 52.9 Å². The molecule has 0 atom stereocenters. The van der Waals surface area contributed by atoms with Crippen LogP contribution in [0.5, 0.6) is 11.6 Å². The Balaban J connectivity index is 1.52. The topological polar surface area (TPSA) is 112 Å². The molecule has 1 amide bonds. The number of sulfonamides is 1. The fourth-order valence-corrected chi connectivity index (χ4v) is 6.41. The molecule has 0 bridgehead atoms. The number of carbonyl (C=O) groups excluding carboxylic acids is 1. The Bertz CT molecular complexity index is 1320. The van der Waals surface area contributed by atoms with Gasteiger partial charge in [-0.15, -0.1) is 11.3 Å². The molecule has 0 spiro atoms. The summed E-state index contributed by atoms with van der Waals surface area (Å²) in [5.74, 6) is 0.182. The van der Waals surface area contributed by atoms with Gasteiger partial charge in [-0.1, -0.05) is 6.42 Å². The minimum Gasteiger partial charge on any atom is -0.438 e. The number of aryl methyl sites for hydroxylation is 1. The average Bonchev–Trinajstić information content (AvgIpc) is 3.33. The van der Waals surface area contributed by atoms with Gasteiger partial charge in [0.25, 0.3) is 5.91 Å². The van der Waals surface area contributed by atoms with Crippen LogP contribution in [0.3, 0.4) is 0 Å². The van der Waals surface area contributed by atoms with Crippen molar-refractivity contribution in [1.82, 2.24) is 9.29 Å². The number of thiophene rings is 1. The monoisotopic (exact) mass is 482 g/mol. The minimum atomic E-state index is -3.72. The van der Waals surface area contributed by atoms with E-state index in [0.29, 0.717) is 35.7 Å². The molecule has 170 valence electrons. The lowest BCUT2D eigenvalue weighted by atomic mass is 10.2. The largest absolute Gasteiger partial charge is 0.438 e. The third-order valence-corrected chi connectivity index (χ3v) is 8.30. The standard InChI is InChI=1S/C23H22N4O4S2/c1-16-14-18(31-23-17(15-24)6-5-10-25-23)7-8-19(16)26-22(28)21-20(9-13-32-21)33(29,30)27-11-3-2-4-12-27/h5-10,13-14H,2-4,11-12H2,1H3,(H,26,28). The Morgan fingerprint density at radius 3 is 2.73 bits per heavy atom. The third-order valence-electron chi connectivity index (χ3n) is 5.32. The van der Waals surface area contributed by atoms with E-state index in [1.807, 2.05) is 6.07 Å². The molecular weight excluding hydrogens is 460 g/mol. The molecule has 0 radical (unpaired) electrons. The van der Waals surface area contributed by atoms with Crippen molar-refractivity contribution >= 4 is 33.0 Å². The van der Waals surface area contributed by atoms with Gasteiger partial charge < -0.3 is 10.1 Å². The van der Waals surface area contributed by atoms with Crippen LogP contribution < -0.4 is 10.1 Å². The van der Waals surface area contributed by atoms with Gasteiger partial charge in [-0.3, -0.25) is 4.79 Å². The number of hydrogen-bond donors (Lipinski definition) is 1. The van der Waals surface area contributed by atoms with Crippen LogP contribution in [-0.2, 0) is 10.0 Å². The SMILES string of the molecule is Cc1cc(Oc2ncccc2C#N)ccc1NC(=O)c1sccc1S(=O)(=O)N1CCCCC1. The number of nitrogens with one attached hydrogen (secondary N) is 1. The number of amides is 1. The van der Waals surface area contributed by atoms with Crippen LogP contribution >= 0.6 is 11.3 Å². The van der Waals surface area contributed by atoms with Crippen molar-refractivity contribution in [2.45, 2.75) is 31.1 Å². The zero-order chi connectivity index (χ0) is 23.4. The van der Waals surface area contributed by atoms with E-state index in [2.05, 4.69) is 10.3 Å². The lowest BCUT2D eigenvalue weighted by Gasteiger charge is -2.25. The molecule has 1 aromatic carbocycles. The summed E-state index contributed by atoms with van der Waals surface area (Å²) in [6, 6.07) is 11.8. The van der Waals surface area contributed by atoms with Crippen molar-refractivity contribution in [2.24, 2.45) is 0 Å². The normalized spacial score (nSPS) is 14.4. The molecule has 1 fully saturated rings. The molecule has 1 N–H and O–H groups in total. The number of nitrogens with zero attached hydrogens (tertiary/aromatic N) is 3. The first-order valence-corrected chi connectivity index (χ1v) is 12.7. The van der Waals surface area contributed by atoms with Crippen LogP contribution in [0.2, 0.25) is 0 Å². The van der Waals surface area contributed by atoms with Gasteiger partial charge >= 0.3 is 0 Å². The first-order valence-electron chi connectivity index (χ1n) is 10.4. The summed E-state index contributed by atoms with van der Waals surface area (Å²) in [5, 5.41) is 13.6. The Kier molecular flexibility index (Phi) is 6.74. The Hall–Kier alpha value is -3.26. The second-order valence-electron chi connectivity index (χ2n) is 7.58. The smallest absolute Gasteiger partial charge is 0.267 e. The van der Waals surface area contributed by atoms with Crippen LogP contribution in [0, 0.1) is 18.3 Å². The molecule has 1 saturated heterocycles. The van der Waals surface area contributed by atoms with Crippen molar-refractivity contribution in [3.05, 3.63) is 64.0 Å². The van der Waals surface area contributed by atoms with Gasteiger partial charge in [0.05, 0.1) is 0 Å². The van der Waals surface area contributed by atoms with Gasteiger partial charge in [-0.2, -0.15) is 9.57 Å². The van der Waals surface area contributed by atoms with E-state index in [1.54, 1.807) is 42.6 Å². The summed E-state index contributed by atoms with van der Waals surface area (Å²) >= 11 is 1.10. The lowest BCUT2D eigenvalue weighted by molar-refractivity contribution is 0.102. The number of nitriles is 1. The maximum absolute atomic E-state index is 13.1. The van der Waals surface area contributed by atoms with Crippen molar-refractivity contribution in [2.75, 3.05) is 18.4 Å². The van der Waals surface area contributed by atoms with E-state index < -0.39 is 15.9 Å². The fourth-order valence-electron chi connectivity index (χ4n) is 3.60. The third kappa shape index (κ3) is 4.90. The molecule has 3 aromatic rings. The number of piperidine rings is 1. The number of pyridine rings is 1. The fraction of sp³-hybridized carbons (Fsp3) is 0.261. The molecule has 33 heavy (non-hydrogen) atoms. The molecule has 0 saturated carbocycles. The minimum absolute atomic E-state index is 0.0451. The number of hydrogen-bond acceptors (Lipinski definition) is 7. The van der Waals surface area contributed by atoms with Crippen LogP contribution in [0.25, 0.3) is 0 Å². The van der Waals surface area contributed by atoms with Gasteiger partial charge in [0, 0.05) is 25.0 Å². The maximum atomic E-state index is 13.1. The molecule has 0 aliphatic carbocycles. The summed E-state index contributed by atoms with van der Waals surface area (Å²) in [5.41, 5.74) is 1.56. The van der Waals surface area contributed by atoms with Gasteiger partial charge in [0.2, 0.25) is 15.9 Å². The van der Waals surface area contributed by atoms with E-state index >= 15 is 0 Å². The Labute approximate surface area is 196 Å². The molecule has 8 nitrogen and oxygen atoms in total. The quantitative estimate of drug-likeness (QED) is 0.552. The maximum Gasteiger partial charge on any atom is 0.267 e. The number of ether oxygens (including phenoxy) is 1. The second kappa shape index (κ2) is 9.70. The molecule has 10 heteroatoms. The number of aromatic nitrogens is 1. The average molecular weight is 483 g/mol. The van der Waals surface area contributed by atoms with Crippen LogP contribution in [-0.4, -0.2) is 36.7 Å². The Morgan fingerprint density at radius 2 is 2.00 bits per heavy atom. The number of benzene rings is 1. The highest BCUT2D eigenvalue weighted by atomic mass is 32.2. The molecule has 2 aromatic heterocycles. The highest BCUT2D eigenvalue weighted by Gasteiger charge is 2.31. The van der Waals surface area contributed by atoms with Crippen molar-refractivity contribution in [1.29, 1.82) is 5.26 Å². The second-order valence-corrected chi connectivity index (χ2v) is 10.4. The van der Waals surface area contributed by atoms with Gasteiger partial charge in [0.15, 0.2) is 0 Å². The van der Waals surface area contributed by atoms with E-state index in [4.69, 9.17) is 4.74 Å². The van der Waals surface area contributed by atoms with Crippen molar-refractivity contribution in [3.8, 4) is 17.7 Å². The van der Waals surface area contributed by atoms with Gasteiger partial charge in [0.1, 0.15) is 27.2 Å². The first-order chi connectivity index (χ1) is 15.9. The summed E-state index contributed by atoms with van der Waals surface area (Å²) in [6.07, 6.45) is 4.20. The highest BCUT2D eigenvalue weighted by molar-refractivity contribution is 7.89. The lowest BCUT2D eigenvalue weighted by Crippen LogP contribution is -2.36. The van der Waals surface area contributed by atoms with E-state index in [9.17, 15) is 18.5 Å².